The third-order valence-corrected chi connectivity index (χ3v) is 4.72. The van der Waals surface area contributed by atoms with E-state index in [0.29, 0.717) is 6.07 Å². The number of aryl methyl sites for hydroxylation is 1. The van der Waals surface area contributed by atoms with E-state index in [0.717, 1.165) is 22.3 Å². The second kappa shape index (κ2) is 7.95. The average molecular weight is 436 g/mol. The summed E-state index contributed by atoms with van der Waals surface area (Å²) in [7, 11) is 0. The van der Waals surface area contributed by atoms with Crippen molar-refractivity contribution >= 4 is 0 Å². The number of alkyl halides is 6. The van der Waals surface area contributed by atoms with Gasteiger partial charge in [-0.25, -0.2) is 0 Å². The summed E-state index contributed by atoms with van der Waals surface area (Å²) in [6.07, 6.45) is -9.72. The summed E-state index contributed by atoms with van der Waals surface area (Å²) >= 11 is 0. The smallest absolute Gasteiger partial charge is 0.303 e. The van der Waals surface area contributed by atoms with Gasteiger partial charge in [-0.15, -0.1) is 0 Å². The lowest BCUT2D eigenvalue weighted by atomic mass is 10.0. The van der Waals surface area contributed by atoms with Gasteiger partial charge in [-0.1, -0.05) is 48.0 Å². The highest BCUT2D eigenvalue weighted by Crippen LogP contribution is 2.35. The van der Waals surface area contributed by atoms with E-state index in [9.17, 15) is 36.4 Å². The number of rotatable bonds is 3. The number of aromatic nitrogens is 1. The van der Waals surface area contributed by atoms with Crippen LogP contribution in [-0.2, 0) is 18.9 Å². The molecular formula is C22H14F6N2O. The molecule has 3 rings (SSSR count). The summed E-state index contributed by atoms with van der Waals surface area (Å²) in [4.78, 5) is 12.9. The zero-order valence-corrected chi connectivity index (χ0v) is 16.0. The fraction of sp³-hybridized carbons (Fsp3) is 0.182. The molecule has 0 amide bonds. The van der Waals surface area contributed by atoms with Crippen LogP contribution in [0.2, 0.25) is 0 Å². The van der Waals surface area contributed by atoms with E-state index in [4.69, 9.17) is 0 Å². The molecule has 0 aliphatic heterocycles. The molecule has 0 radical (unpaired) electrons. The minimum atomic E-state index is -4.99. The number of hydrogen-bond acceptors (Lipinski definition) is 2. The second-order valence-electron chi connectivity index (χ2n) is 6.84. The lowest BCUT2D eigenvalue weighted by molar-refractivity contribution is -0.138. The first-order valence-corrected chi connectivity index (χ1v) is 8.90. The predicted octanol–water partition coefficient (Wildman–Crippen LogP) is 5.78. The quantitative estimate of drug-likeness (QED) is 0.489. The molecule has 0 atom stereocenters. The first kappa shape index (κ1) is 22.2. The van der Waals surface area contributed by atoms with Gasteiger partial charge >= 0.3 is 12.4 Å². The van der Waals surface area contributed by atoms with Crippen LogP contribution in [0, 0.1) is 18.3 Å². The van der Waals surface area contributed by atoms with E-state index < -0.39 is 41.1 Å². The summed E-state index contributed by atoms with van der Waals surface area (Å²) < 4.78 is 81.5. The standard InChI is InChI=1S/C22H14F6N2O/c1-13-6-8-14(9-7-13)19-10-18(22(26,27)28)16(11-29)20(31)30(19)12-15-4-2-3-5-17(15)21(23,24)25/h2-10H,12H2,1H3. The van der Waals surface area contributed by atoms with Crippen LogP contribution in [0.5, 0.6) is 0 Å². The number of nitrogens with zero attached hydrogens (tertiary/aromatic N) is 2. The van der Waals surface area contributed by atoms with Crippen LogP contribution in [0.4, 0.5) is 26.3 Å². The molecule has 0 aliphatic carbocycles. The van der Waals surface area contributed by atoms with Gasteiger partial charge < -0.3 is 4.57 Å². The van der Waals surface area contributed by atoms with E-state index >= 15 is 0 Å². The van der Waals surface area contributed by atoms with E-state index in [2.05, 4.69) is 0 Å². The second-order valence-corrected chi connectivity index (χ2v) is 6.84. The van der Waals surface area contributed by atoms with Crippen LogP contribution in [-0.4, -0.2) is 4.57 Å². The molecule has 31 heavy (non-hydrogen) atoms. The lowest BCUT2D eigenvalue weighted by Crippen LogP contribution is -2.29. The van der Waals surface area contributed by atoms with Crippen molar-refractivity contribution in [3.63, 3.8) is 0 Å². The average Bonchev–Trinajstić information content (AvgIpc) is 2.68. The fourth-order valence-electron chi connectivity index (χ4n) is 3.20. The van der Waals surface area contributed by atoms with Gasteiger partial charge in [0.1, 0.15) is 11.6 Å². The molecule has 0 saturated carbocycles. The van der Waals surface area contributed by atoms with Gasteiger partial charge in [-0.2, -0.15) is 31.6 Å². The third kappa shape index (κ3) is 4.48. The highest BCUT2D eigenvalue weighted by Gasteiger charge is 2.37. The van der Waals surface area contributed by atoms with Gasteiger partial charge in [-0.3, -0.25) is 4.79 Å². The van der Waals surface area contributed by atoms with Gasteiger partial charge in [0.05, 0.1) is 23.4 Å². The van der Waals surface area contributed by atoms with Gasteiger partial charge in [0, 0.05) is 0 Å². The molecule has 9 heteroatoms. The van der Waals surface area contributed by atoms with Gasteiger partial charge in [0.25, 0.3) is 5.56 Å². The molecule has 3 nitrogen and oxygen atoms in total. The van der Waals surface area contributed by atoms with Gasteiger partial charge in [-0.05, 0) is 30.2 Å². The maximum absolute atomic E-state index is 13.5. The number of hydrogen-bond donors (Lipinski definition) is 0. The van der Waals surface area contributed by atoms with Crippen molar-refractivity contribution in [1.29, 1.82) is 5.26 Å². The molecule has 0 spiro atoms. The first-order chi connectivity index (χ1) is 14.4. The van der Waals surface area contributed by atoms with E-state index in [-0.39, 0.29) is 16.8 Å². The topological polar surface area (TPSA) is 45.8 Å². The predicted molar refractivity (Wildman–Crippen MR) is 101 cm³/mol. The van der Waals surface area contributed by atoms with Crippen molar-refractivity contribution in [3.8, 4) is 17.3 Å². The minimum absolute atomic E-state index is 0.196. The summed E-state index contributed by atoms with van der Waals surface area (Å²) in [5.41, 5.74) is -4.50. The maximum Gasteiger partial charge on any atom is 0.417 e. The number of halogens is 6. The summed E-state index contributed by atoms with van der Waals surface area (Å²) in [5.74, 6) is 0. The van der Waals surface area contributed by atoms with Crippen LogP contribution in [0.3, 0.4) is 0 Å². The van der Waals surface area contributed by atoms with E-state index in [1.165, 1.54) is 30.3 Å². The highest BCUT2D eigenvalue weighted by molar-refractivity contribution is 5.63. The molecular weight excluding hydrogens is 422 g/mol. The van der Waals surface area contributed by atoms with Crippen LogP contribution in [0.15, 0.2) is 59.4 Å². The Balaban J connectivity index is 2.33. The van der Waals surface area contributed by atoms with Crippen molar-refractivity contribution in [2.24, 2.45) is 0 Å². The van der Waals surface area contributed by atoms with Gasteiger partial charge in [0.15, 0.2) is 0 Å². The van der Waals surface area contributed by atoms with Crippen LogP contribution >= 0.6 is 0 Å². The fourth-order valence-corrected chi connectivity index (χ4v) is 3.20. The van der Waals surface area contributed by atoms with Crippen molar-refractivity contribution in [2.45, 2.75) is 25.8 Å². The number of benzene rings is 2. The maximum atomic E-state index is 13.5. The zero-order chi connectivity index (χ0) is 23.0. The Morgan fingerprint density at radius 2 is 1.48 bits per heavy atom. The summed E-state index contributed by atoms with van der Waals surface area (Å²) in [6.45, 7) is 1.08. The molecule has 0 aliphatic rings. The molecule has 0 bridgehead atoms. The van der Waals surface area contributed by atoms with Crippen molar-refractivity contribution in [3.05, 3.63) is 92.8 Å². The minimum Gasteiger partial charge on any atom is -0.303 e. The van der Waals surface area contributed by atoms with Crippen LogP contribution < -0.4 is 5.56 Å². The Labute approximate surface area is 172 Å². The molecule has 0 unspecified atom stereocenters. The van der Waals surface area contributed by atoms with Crippen LogP contribution in [0.25, 0.3) is 11.3 Å². The Morgan fingerprint density at radius 1 is 0.903 bits per heavy atom. The van der Waals surface area contributed by atoms with E-state index in [1.54, 1.807) is 19.1 Å². The zero-order valence-electron chi connectivity index (χ0n) is 16.0. The normalized spacial score (nSPS) is 11.9. The molecule has 2 aromatic carbocycles. The SMILES string of the molecule is Cc1ccc(-c2cc(C(F)(F)F)c(C#N)c(=O)n2Cc2ccccc2C(F)(F)F)cc1. The molecule has 0 saturated heterocycles. The Kier molecular flexibility index (Phi) is 5.68. The summed E-state index contributed by atoms with van der Waals surface area (Å²) in [5, 5.41) is 9.19. The molecule has 0 fully saturated rings. The molecule has 1 aromatic heterocycles. The van der Waals surface area contributed by atoms with Crippen LogP contribution in [0.1, 0.15) is 27.8 Å². The van der Waals surface area contributed by atoms with Crippen molar-refractivity contribution in [2.75, 3.05) is 0 Å². The lowest BCUT2D eigenvalue weighted by Gasteiger charge is -2.19. The summed E-state index contributed by atoms with van der Waals surface area (Å²) in [6, 6.07) is 12.5. The number of pyridine rings is 1. The molecule has 3 aromatic rings. The monoisotopic (exact) mass is 436 g/mol. The highest BCUT2D eigenvalue weighted by atomic mass is 19.4. The van der Waals surface area contributed by atoms with Gasteiger partial charge in [0.2, 0.25) is 0 Å². The Hall–Kier alpha value is -3.54. The van der Waals surface area contributed by atoms with Crippen molar-refractivity contribution < 1.29 is 26.3 Å². The molecule has 1 heterocycles. The first-order valence-electron chi connectivity index (χ1n) is 8.90. The largest absolute Gasteiger partial charge is 0.417 e. The Bertz CT molecular complexity index is 1220. The van der Waals surface area contributed by atoms with Crippen molar-refractivity contribution in [1.82, 2.24) is 4.57 Å². The Morgan fingerprint density at radius 3 is 2.03 bits per heavy atom. The molecule has 0 N–H and O–H groups in total. The third-order valence-electron chi connectivity index (χ3n) is 4.72. The molecule has 160 valence electrons. The van der Waals surface area contributed by atoms with E-state index in [1.807, 2.05) is 0 Å². The number of nitriles is 1.